The first kappa shape index (κ1) is 23.8. The maximum absolute atomic E-state index is 13.3. The summed E-state index contributed by atoms with van der Waals surface area (Å²) < 4.78 is 12.3. The Bertz CT molecular complexity index is 1250. The molecule has 1 aliphatic heterocycles. The van der Waals surface area contributed by atoms with Crippen molar-refractivity contribution >= 4 is 12.0 Å². The normalized spacial score (nSPS) is 16.0. The van der Waals surface area contributed by atoms with Crippen molar-refractivity contribution in [2.45, 2.75) is 44.6 Å². The fourth-order valence-corrected chi connectivity index (χ4v) is 4.58. The van der Waals surface area contributed by atoms with Gasteiger partial charge in [-0.1, -0.05) is 12.1 Å². The van der Waals surface area contributed by atoms with E-state index >= 15 is 0 Å². The quantitative estimate of drug-likeness (QED) is 0.539. The fourth-order valence-electron chi connectivity index (χ4n) is 4.58. The number of hydrogen-bond acceptors (Lipinski definition) is 7. The Morgan fingerprint density at radius 3 is 2.61 bits per heavy atom. The third-order valence-corrected chi connectivity index (χ3v) is 6.59. The Hall–Kier alpha value is -3.95. The number of rotatable bonds is 7. The van der Waals surface area contributed by atoms with E-state index < -0.39 is 0 Å². The maximum Gasteiger partial charge on any atom is 0.409 e. The average molecular weight is 491 g/mol. The van der Waals surface area contributed by atoms with Crippen LogP contribution in [0.3, 0.4) is 0 Å². The SMILES string of the molecule is CCOC(=O)N1CCC(NC(=O)c2cnn(-c3nccc(-c4ccccc4OC)n3)c2C2CC2)CC1. The monoisotopic (exact) mass is 490 g/mol. The third-order valence-electron chi connectivity index (χ3n) is 6.59. The van der Waals surface area contributed by atoms with E-state index in [1.165, 1.54) is 0 Å². The zero-order valence-electron chi connectivity index (χ0n) is 20.5. The minimum absolute atomic E-state index is 0.0105. The minimum atomic E-state index is -0.296. The second-order valence-electron chi connectivity index (χ2n) is 9.01. The summed E-state index contributed by atoms with van der Waals surface area (Å²) in [6, 6.07) is 9.50. The first-order valence-corrected chi connectivity index (χ1v) is 12.4. The third kappa shape index (κ3) is 4.89. The molecule has 1 aromatic carbocycles. The van der Waals surface area contributed by atoms with Gasteiger partial charge in [0.05, 0.1) is 36.9 Å². The molecule has 1 aliphatic carbocycles. The van der Waals surface area contributed by atoms with Crippen molar-refractivity contribution in [2.24, 2.45) is 0 Å². The van der Waals surface area contributed by atoms with Crippen LogP contribution in [0.25, 0.3) is 17.2 Å². The van der Waals surface area contributed by atoms with Gasteiger partial charge < -0.3 is 19.7 Å². The molecular weight excluding hydrogens is 460 g/mol. The Morgan fingerprint density at radius 1 is 1.11 bits per heavy atom. The molecule has 5 rings (SSSR count). The summed E-state index contributed by atoms with van der Waals surface area (Å²) in [5.41, 5.74) is 2.97. The van der Waals surface area contributed by atoms with Gasteiger partial charge in [-0.05, 0) is 50.8 Å². The molecular formula is C26H30N6O4. The van der Waals surface area contributed by atoms with Gasteiger partial charge >= 0.3 is 6.09 Å². The summed E-state index contributed by atoms with van der Waals surface area (Å²) in [4.78, 5) is 36.1. The maximum atomic E-state index is 13.3. The number of hydrogen-bond donors (Lipinski definition) is 1. The summed E-state index contributed by atoms with van der Waals surface area (Å²) in [5.74, 6) is 1.23. The lowest BCUT2D eigenvalue weighted by Crippen LogP contribution is -2.46. The van der Waals surface area contributed by atoms with Gasteiger partial charge in [-0.15, -0.1) is 0 Å². The summed E-state index contributed by atoms with van der Waals surface area (Å²) in [5, 5.41) is 7.66. The minimum Gasteiger partial charge on any atom is -0.496 e. The van der Waals surface area contributed by atoms with Crippen LogP contribution in [0.1, 0.15) is 54.6 Å². The van der Waals surface area contributed by atoms with E-state index in [1.807, 2.05) is 30.3 Å². The van der Waals surface area contributed by atoms with Crippen LogP contribution < -0.4 is 10.1 Å². The molecule has 0 spiro atoms. The Labute approximate surface area is 209 Å². The van der Waals surface area contributed by atoms with Gasteiger partial charge in [0.15, 0.2) is 0 Å². The van der Waals surface area contributed by atoms with E-state index in [4.69, 9.17) is 14.5 Å². The number of nitrogens with one attached hydrogen (secondary N) is 1. The van der Waals surface area contributed by atoms with Crippen molar-refractivity contribution in [1.82, 2.24) is 30.0 Å². The molecule has 0 atom stereocenters. The van der Waals surface area contributed by atoms with Crippen molar-refractivity contribution in [2.75, 3.05) is 26.8 Å². The number of carbonyl (C=O) groups is 2. The van der Waals surface area contributed by atoms with Crippen molar-refractivity contribution in [1.29, 1.82) is 0 Å². The van der Waals surface area contributed by atoms with Crippen molar-refractivity contribution in [3.05, 3.63) is 54.0 Å². The largest absolute Gasteiger partial charge is 0.496 e. The lowest BCUT2D eigenvalue weighted by molar-refractivity contribution is 0.0859. The Balaban J connectivity index is 1.35. The van der Waals surface area contributed by atoms with Crippen molar-refractivity contribution in [3.8, 4) is 23.0 Å². The van der Waals surface area contributed by atoms with Gasteiger partial charge in [-0.2, -0.15) is 5.10 Å². The summed E-state index contributed by atoms with van der Waals surface area (Å²) in [7, 11) is 1.63. The zero-order valence-corrected chi connectivity index (χ0v) is 20.5. The predicted molar refractivity (Wildman–Crippen MR) is 132 cm³/mol. The van der Waals surface area contributed by atoms with E-state index in [0.29, 0.717) is 49.7 Å². The smallest absolute Gasteiger partial charge is 0.409 e. The van der Waals surface area contributed by atoms with Crippen LogP contribution in [0.2, 0.25) is 0 Å². The molecule has 2 aromatic heterocycles. The van der Waals surface area contributed by atoms with Crippen LogP contribution in [0.5, 0.6) is 5.75 Å². The molecule has 10 nitrogen and oxygen atoms in total. The highest BCUT2D eigenvalue weighted by molar-refractivity contribution is 5.95. The fraction of sp³-hybridized carbons (Fsp3) is 0.423. The molecule has 0 unspecified atom stereocenters. The molecule has 2 fully saturated rings. The number of piperidine rings is 1. The Kier molecular flexibility index (Phi) is 6.84. The highest BCUT2D eigenvalue weighted by Gasteiger charge is 2.34. The molecule has 1 saturated carbocycles. The van der Waals surface area contributed by atoms with E-state index in [2.05, 4.69) is 15.4 Å². The van der Waals surface area contributed by atoms with Gasteiger partial charge in [0, 0.05) is 36.8 Å². The lowest BCUT2D eigenvalue weighted by Gasteiger charge is -2.31. The molecule has 2 amide bonds. The van der Waals surface area contributed by atoms with Crippen LogP contribution in [0, 0.1) is 0 Å². The molecule has 188 valence electrons. The zero-order chi connectivity index (χ0) is 25.1. The number of methoxy groups -OCH3 is 1. The van der Waals surface area contributed by atoms with Gasteiger partial charge in [0.25, 0.3) is 11.9 Å². The van der Waals surface area contributed by atoms with E-state index in [9.17, 15) is 9.59 Å². The molecule has 10 heteroatoms. The summed E-state index contributed by atoms with van der Waals surface area (Å²) in [6.07, 6.45) is 6.36. The molecule has 0 radical (unpaired) electrons. The van der Waals surface area contributed by atoms with E-state index in [0.717, 1.165) is 29.8 Å². The van der Waals surface area contributed by atoms with Crippen LogP contribution in [-0.4, -0.2) is 69.5 Å². The van der Waals surface area contributed by atoms with Crippen LogP contribution in [-0.2, 0) is 4.74 Å². The lowest BCUT2D eigenvalue weighted by atomic mass is 10.0. The molecule has 3 heterocycles. The number of nitrogens with zero attached hydrogens (tertiary/aromatic N) is 5. The molecule has 1 N–H and O–H groups in total. The second kappa shape index (κ2) is 10.3. The molecule has 3 aromatic rings. The highest BCUT2D eigenvalue weighted by Crippen LogP contribution is 2.42. The van der Waals surface area contributed by atoms with Gasteiger partial charge in [0.2, 0.25) is 0 Å². The van der Waals surface area contributed by atoms with Gasteiger partial charge in [-0.25, -0.2) is 19.4 Å². The van der Waals surface area contributed by atoms with Crippen LogP contribution in [0.15, 0.2) is 42.7 Å². The molecule has 2 aliphatic rings. The van der Waals surface area contributed by atoms with Crippen LogP contribution in [0.4, 0.5) is 4.79 Å². The standard InChI is InChI=1S/C26H30N6O4/c1-3-36-26(34)31-14-11-18(12-15-31)29-24(33)20-16-28-32(23(20)17-8-9-17)25-27-13-10-21(30-25)19-6-4-5-7-22(19)35-2/h4-7,10,13,16-18H,3,8-9,11-12,14-15H2,1-2H3,(H,29,33). The van der Waals surface area contributed by atoms with Gasteiger partial charge in [-0.3, -0.25) is 4.79 Å². The number of benzene rings is 1. The topological polar surface area (TPSA) is 111 Å². The number of para-hydroxylation sites is 1. The van der Waals surface area contributed by atoms with E-state index in [1.54, 1.807) is 36.0 Å². The predicted octanol–water partition coefficient (Wildman–Crippen LogP) is 3.57. The first-order chi connectivity index (χ1) is 17.6. The van der Waals surface area contributed by atoms with E-state index in [-0.39, 0.29) is 24.0 Å². The van der Waals surface area contributed by atoms with Crippen molar-refractivity contribution in [3.63, 3.8) is 0 Å². The first-order valence-electron chi connectivity index (χ1n) is 12.4. The number of carbonyl (C=O) groups excluding carboxylic acids is 2. The second-order valence-corrected chi connectivity index (χ2v) is 9.01. The summed E-state index contributed by atoms with van der Waals surface area (Å²) in [6.45, 7) is 3.27. The summed E-state index contributed by atoms with van der Waals surface area (Å²) >= 11 is 0. The number of ether oxygens (including phenoxy) is 2. The molecule has 1 saturated heterocycles. The molecule has 0 bridgehead atoms. The number of amides is 2. The molecule has 36 heavy (non-hydrogen) atoms. The van der Waals surface area contributed by atoms with Gasteiger partial charge in [0.1, 0.15) is 5.75 Å². The average Bonchev–Trinajstić information content (AvgIpc) is 3.66. The number of likely N-dealkylation sites (tertiary alicyclic amines) is 1. The van der Waals surface area contributed by atoms with Crippen molar-refractivity contribution < 1.29 is 19.1 Å². The Morgan fingerprint density at radius 2 is 1.89 bits per heavy atom. The highest BCUT2D eigenvalue weighted by atomic mass is 16.6. The number of aromatic nitrogens is 4. The van der Waals surface area contributed by atoms with Crippen LogP contribution >= 0.6 is 0 Å².